The van der Waals surface area contributed by atoms with Gasteiger partial charge in [-0.05, 0) is 40.9 Å². The number of carbonyl (C=O) groups excluding carboxylic acids is 1. The average Bonchev–Trinajstić information content (AvgIpc) is 2.88. The molecule has 1 fully saturated rings. The van der Waals surface area contributed by atoms with Crippen LogP contribution in [-0.2, 0) is 0 Å². The van der Waals surface area contributed by atoms with Crippen LogP contribution in [0.1, 0.15) is 36.0 Å². The Morgan fingerprint density at radius 3 is 2.65 bits per heavy atom. The lowest BCUT2D eigenvalue weighted by Gasteiger charge is -2.29. The number of amides is 1. The van der Waals surface area contributed by atoms with Crippen molar-refractivity contribution < 1.29 is 9.18 Å². The molecule has 0 saturated heterocycles. The van der Waals surface area contributed by atoms with Crippen molar-refractivity contribution in [2.75, 3.05) is 6.54 Å². The molecule has 1 amide bonds. The van der Waals surface area contributed by atoms with Crippen molar-refractivity contribution in [3.8, 4) is 0 Å². The van der Waals surface area contributed by atoms with Crippen LogP contribution in [0.25, 0.3) is 0 Å². The van der Waals surface area contributed by atoms with E-state index >= 15 is 0 Å². The van der Waals surface area contributed by atoms with Gasteiger partial charge >= 0.3 is 0 Å². The van der Waals surface area contributed by atoms with Crippen molar-refractivity contribution in [1.29, 1.82) is 0 Å². The van der Waals surface area contributed by atoms with Gasteiger partial charge in [-0.3, -0.25) is 4.79 Å². The number of benzene rings is 1. The van der Waals surface area contributed by atoms with Crippen molar-refractivity contribution in [1.82, 2.24) is 4.90 Å². The third-order valence-electron chi connectivity index (χ3n) is 3.53. The molecule has 0 spiro atoms. The van der Waals surface area contributed by atoms with E-state index in [1.54, 1.807) is 17.0 Å². The Balaban J connectivity index is 2.32. The number of carbonyl (C=O) groups is 1. The summed E-state index contributed by atoms with van der Waals surface area (Å²) >= 11 is 8.16. The number of nitrogens with zero attached hydrogens (tertiary/aromatic N) is 1. The van der Waals surface area contributed by atoms with Gasteiger partial charge in [-0.15, -0.1) is 0 Å². The average molecular weight is 359 g/mol. The zero-order valence-corrected chi connectivity index (χ0v) is 13.3. The highest BCUT2D eigenvalue weighted by Gasteiger charge is 2.30. The molecule has 3 nitrogen and oxygen atoms in total. The summed E-state index contributed by atoms with van der Waals surface area (Å²) in [5.41, 5.74) is 5.64. The van der Waals surface area contributed by atoms with E-state index in [1.807, 2.05) is 0 Å². The maximum Gasteiger partial charge on any atom is 0.258 e. The van der Waals surface area contributed by atoms with Gasteiger partial charge in [-0.2, -0.15) is 0 Å². The van der Waals surface area contributed by atoms with Crippen molar-refractivity contribution >= 4 is 39.0 Å². The van der Waals surface area contributed by atoms with E-state index in [9.17, 15) is 9.18 Å². The van der Waals surface area contributed by atoms with Gasteiger partial charge in [0.15, 0.2) is 0 Å². The standard InChI is InChI=1S/C14H16BrFN2OS/c15-10-6-3-7-11(16)13(10)14(19)18(8-12(17)20)9-4-1-2-5-9/h3,6-7,9H,1-2,4-5,8H2,(H2,17,20). The first kappa shape index (κ1) is 15.4. The highest BCUT2D eigenvalue weighted by molar-refractivity contribution is 9.10. The van der Waals surface area contributed by atoms with E-state index in [0.29, 0.717) is 4.47 Å². The molecule has 0 radical (unpaired) electrons. The lowest BCUT2D eigenvalue weighted by atomic mass is 10.1. The monoisotopic (exact) mass is 358 g/mol. The van der Waals surface area contributed by atoms with Crippen molar-refractivity contribution in [3.63, 3.8) is 0 Å². The summed E-state index contributed by atoms with van der Waals surface area (Å²) in [5.74, 6) is -0.884. The normalized spacial score (nSPS) is 15.3. The summed E-state index contributed by atoms with van der Waals surface area (Å²) in [6.07, 6.45) is 3.98. The lowest BCUT2D eigenvalue weighted by Crippen LogP contribution is -2.44. The number of hydrogen-bond acceptors (Lipinski definition) is 2. The van der Waals surface area contributed by atoms with Gasteiger partial charge in [0.05, 0.1) is 17.1 Å². The van der Waals surface area contributed by atoms with Gasteiger partial charge in [-0.1, -0.05) is 31.1 Å². The van der Waals surface area contributed by atoms with Crippen LogP contribution in [0.4, 0.5) is 4.39 Å². The minimum atomic E-state index is -0.532. The smallest absolute Gasteiger partial charge is 0.258 e. The Morgan fingerprint density at radius 1 is 1.45 bits per heavy atom. The zero-order valence-electron chi connectivity index (χ0n) is 10.9. The maximum atomic E-state index is 13.9. The van der Waals surface area contributed by atoms with Crippen molar-refractivity contribution in [2.24, 2.45) is 5.73 Å². The van der Waals surface area contributed by atoms with Gasteiger partial charge in [0, 0.05) is 10.5 Å². The summed E-state index contributed by atoms with van der Waals surface area (Å²) in [6.45, 7) is 0.194. The minimum absolute atomic E-state index is 0.0515. The molecule has 1 saturated carbocycles. The van der Waals surface area contributed by atoms with E-state index in [1.165, 1.54) is 6.07 Å². The minimum Gasteiger partial charge on any atom is -0.392 e. The molecule has 0 atom stereocenters. The van der Waals surface area contributed by atoms with E-state index < -0.39 is 5.82 Å². The third kappa shape index (κ3) is 3.35. The molecule has 0 heterocycles. The summed E-state index contributed by atoms with van der Waals surface area (Å²) in [5, 5.41) is 0. The Labute approximate surface area is 131 Å². The number of halogens is 2. The summed E-state index contributed by atoms with van der Waals surface area (Å²) in [4.78, 5) is 14.5. The van der Waals surface area contributed by atoms with Crippen LogP contribution < -0.4 is 5.73 Å². The second-order valence-corrected chi connectivity index (χ2v) is 6.31. The van der Waals surface area contributed by atoms with Crippen LogP contribution in [-0.4, -0.2) is 28.4 Å². The molecule has 0 unspecified atom stereocenters. The molecule has 2 rings (SSSR count). The molecule has 6 heteroatoms. The van der Waals surface area contributed by atoms with Crippen LogP contribution in [0, 0.1) is 5.82 Å². The van der Waals surface area contributed by atoms with Gasteiger partial charge in [0.2, 0.25) is 0 Å². The molecular weight excluding hydrogens is 343 g/mol. The highest BCUT2D eigenvalue weighted by Crippen LogP contribution is 2.27. The van der Waals surface area contributed by atoms with Gasteiger partial charge in [-0.25, -0.2) is 4.39 Å². The number of rotatable bonds is 4. The number of nitrogens with two attached hydrogens (primary N) is 1. The van der Waals surface area contributed by atoms with E-state index in [-0.39, 0.29) is 29.0 Å². The first-order chi connectivity index (χ1) is 9.50. The zero-order chi connectivity index (χ0) is 14.7. The molecule has 1 aromatic carbocycles. The first-order valence-corrected chi connectivity index (χ1v) is 7.74. The van der Waals surface area contributed by atoms with Crippen molar-refractivity contribution in [2.45, 2.75) is 31.7 Å². The Hall–Kier alpha value is -1.01. The fourth-order valence-corrected chi connectivity index (χ4v) is 3.25. The molecule has 1 aromatic rings. The summed E-state index contributed by atoms with van der Waals surface area (Å²) in [6, 6.07) is 4.59. The molecule has 20 heavy (non-hydrogen) atoms. The summed E-state index contributed by atoms with van der Waals surface area (Å²) in [7, 11) is 0. The molecule has 108 valence electrons. The lowest BCUT2D eigenvalue weighted by molar-refractivity contribution is 0.0709. The fraction of sp³-hybridized carbons (Fsp3) is 0.429. The second kappa shape index (κ2) is 6.63. The van der Waals surface area contributed by atoms with Crippen LogP contribution in [0.15, 0.2) is 22.7 Å². The van der Waals surface area contributed by atoms with Gasteiger partial charge in [0.25, 0.3) is 5.91 Å². The second-order valence-electron chi connectivity index (χ2n) is 4.93. The molecular formula is C14H16BrFN2OS. The van der Waals surface area contributed by atoms with Gasteiger partial charge < -0.3 is 10.6 Å². The van der Waals surface area contributed by atoms with E-state index in [0.717, 1.165) is 25.7 Å². The van der Waals surface area contributed by atoms with Gasteiger partial charge in [0.1, 0.15) is 5.82 Å². The van der Waals surface area contributed by atoms with Crippen molar-refractivity contribution in [3.05, 3.63) is 34.1 Å². The Kier molecular flexibility index (Phi) is 5.10. The largest absolute Gasteiger partial charge is 0.392 e. The molecule has 1 aliphatic carbocycles. The summed E-state index contributed by atoms with van der Waals surface area (Å²) < 4.78 is 14.4. The molecule has 0 aliphatic heterocycles. The van der Waals surface area contributed by atoms with E-state index in [2.05, 4.69) is 15.9 Å². The fourth-order valence-electron chi connectivity index (χ4n) is 2.60. The topological polar surface area (TPSA) is 46.3 Å². The molecule has 2 N–H and O–H groups in total. The van der Waals surface area contributed by atoms with Crippen LogP contribution >= 0.6 is 28.1 Å². The number of thiocarbonyl (C=S) groups is 1. The Morgan fingerprint density at radius 2 is 2.10 bits per heavy atom. The predicted molar refractivity (Wildman–Crippen MR) is 84.2 cm³/mol. The Bertz CT molecular complexity index is 512. The van der Waals surface area contributed by atoms with Crippen LogP contribution in [0.5, 0.6) is 0 Å². The predicted octanol–water partition coefficient (Wildman–Crippen LogP) is 3.26. The molecule has 1 aliphatic rings. The van der Waals surface area contributed by atoms with Crippen LogP contribution in [0.3, 0.4) is 0 Å². The maximum absolute atomic E-state index is 13.9. The first-order valence-electron chi connectivity index (χ1n) is 6.54. The number of hydrogen-bond donors (Lipinski definition) is 1. The third-order valence-corrected chi connectivity index (χ3v) is 4.32. The molecule has 0 bridgehead atoms. The molecule has 0 aromatic heterocycles. The SMILES string of the molecule is NC(=S)CN(C(=O)c1c(F)cccc1Br)C1CCCC1. The quantitative estimate of drug-likeness (QED) is 0.840. The highest BCUT2D eigenvalue weighted by atomic mass is 79.9. The van der Waals surface area contributed by atoms with E-state index in [4.69, 9.17) is 18.0 Å². The van der Waals surface area contributed by atoms with Crippen LogP contribution in [0.2, 0.25) is 0 Å².